The third kappa shape index (κ3) is 4.46. The van der Waals surface area contributed by atoms with Crippen LogP contribution in [0.3, 0.4) is 0 Å². The summed E-state index contributed by atoms with van der Waals surface area (Å²) in [6.45, 7) is 6.00. The lowest BCUT2D eigenvalue weighted by atomic mass is 9.95. The molecule has 1 aliphatic heterocycles. The van der Waals surface area contributed by atoms with Crippen LogP contribution in [0, 0.1) is 5.92 Å². The lowest BCUT2D eigenvalue weighted by molar-refractivity contribution is -0.138. The van der Waals surface area contributed by atoms with Crippen LogP contribution in [0.25, 0.3) is 0 Å². The van der Waals surface area contributed by atoms with Crippen molar-refractivity contribution < 1.29 is 9.53 Å². The van der Waals surface area contributed by atoms with Crippen LogP contribution in [0.4, 0.5) is 0 Å². The summed E-state index contributed by atoms with van der Waals surface area (Å²) in [5.41, 5.74) is 0. The maximum atomic E-state index is 12.1. The molecule has 0 bridgehead atoms. The van der Waals surface area contributed by atoms with E-state index in [2.05, 4.69) is 17.6 Å². The average molecular weight is 268 g/mol. The Balaban J connectivity index is 1.74. The van der Waals surface area contributed by atoms with Crippen molar-refractivity contribution in [2.24, 2.45) is 5.92 Å². The van der Waals surface area contributed by atoms with Gasteiger partial charge in [-0.15, -0.1) is 0 Å². The van der Waals surface area contributed by atoms with Crippen LogP contribution < -0.4 is 10.6 Å². The molecule has 1 saturated carbocycles. The first kappa shape index (κ1) is 14.8. The minimum absolute atomic E-state index is 0.0599. The van der Waals surface area contributed by atoms with Crippen LogP contribution in [0.15, 0.2) is 0 Å². The Morgan fingerprint density at radius 1 is 1.26 bits per heavy atom. The summed E-state index contributed by atoms with van der Waals surface area (Å²) in [4.78, 5) is 12.1. The fourth-order valence-electron chi connectivity index (χ4n) is 3.03. The Labute approximate surface area is 116 Å². The summed E-state index contributed by atoms with van der Waals surface area (Å²) in [6, 6.07) is 0.370. The van der Waals surface area contributed by atoms with Crippen molar-refractivity contribution in [3.05, 3.63) is 0 Å². The van der Waals surface area contributed by atoms with Crippen molar-refractivity contribution in [3.63, 3.8) is 0 Å². The van der Waals surface area contributed by atoms with E-state index >= 15 is 0 Å². The van der Waals surface area contributed by atoms with Crippen molar-refractivity contribution in [3.8, 4) is 0 Å². The molecule has 0 spiro atoms. The summed E-state index contributed by atoms with van der Waals surface area (Å²) >= 11 is 0. The molecular formula is C15H28N2O2. The highest BCUT2D eigenvalue weighted by atomic mass is 16.5. The number of carbonyl (C=O) groups is 1. The highest BCUT2D eigenvalue weighted by Gasteiger charge is 2.27. The van der Waals surface area contributed by atoms with E-state index in [0.29, 0.717) is 12.0 Å². The molecule has 110 valence electrons. The smallest absolute Gasteiger partial charge is 0.249 e. The molecule has 2 aliphatic rings. The van der Waals surface area contributed by atoms with E-state index in [1.54, 1.807) is 0 Å². The lowest BCUT2D eigenvalue weighted by Gasteiger charge is -2.32. The SMILES string of the molecule is CC(OC1CNCCC1C)C(=O)NC1CCCCC1. The first-order chi connectivity index (χ1) is 9.16. The van der Waals surface area contributed by atoms with Gasteiger partial charge in [-0.2, -0.15) is 0 Å². The second-order valence-electron chi connectivity index (χ2n) is 6.13. The summed E-state index contributed by atoms with van der Waals surface area (Å²) in [5.74, 6) is 0.593. The molecule has 1 heterocycles. The Kier molecular flexibility index (Phi) is 5.64. The van der Waals surface area contributed by atoms with Gasteiger partial charge in [0.1, 0.15) is 6.10 Å². The largest absolute Gasteiger partial charge is 0.364 e. The Morgan fingerprint density at radius 3 is 2.68 bits per heavy atom. The van der Waals surface area contributed by atoms with Crippen LogP contribution in [-0.4, -0.2) is 37.2 Å². The molecular weight excluding hydrogens is 240 g/mol. The molecule has 0 aromatic rings. The molecule has 3 atom stereocenters. The van der Waals surface area contributed by atoms with Crippen molar-refractivity contribution in [2.75, 3.05) is 13.1 Å². The van der Waals surface area contributed by atoms with Crippen molar-refractivity contribution in [1.82, 2.24) is 10.6 Å². The summed E-state index contributed by atoms with van der Waals surface area (Å²) in [5, 5.41) is 6.47. The van der Waals surface area contributed by atoms with Crippen molar-refractivity contribution in [2.45, 2.75) is 70.6 Å². The van der Waals surface area contributed by atoms with Crippen LogP contribution in [-0.2, 0) is 9.53 Å². The number of hydrogen-bond acceptors (Lipinski definition) is 3. The number of piperidine rings is 1. The highest BCUT2D eigenvalue weighted by Crippen LogP contribution is 2.19. The number of amides is 1. The van der Waals surface area contributed by atoms with Crippen molar-refractivity contribution >= 4 is 5.91 Å². The molecule has 0 aromatic heterocycles. The summed E-state index contributed by atoms with van der Waals surface area (Å²) in [7, 11) is 0. The normalized spacial score (nSPS) is 30.8. The maximum absolute atomic E-state index is 12.1. The molecule has 2 fully saturated rings. The van der Waals surface area contributed by atoms with Gasteiger partial charge in [0.25, 0.3) is 0 Å². The number of hydrogen-bond donors (Lipinski definition) is 2. The van der Waals surface area contributed by atoms with E-state index in [1.807, 2.05) is 6.92 Å². The molecule has 4 heteroatoms. The highest BCUT2D eigenvalue weighted by molar-refractivity contribution is 5.80. The minimum atomic E-state index is -0.339. The molecule has 19 heavy (non-hydrogen) atoms. The zero-order valence-electron chi connectivity index (χ0n) is 12.3. The zero-order chi connectivity index (χ0) is 13.7. The molecule has 3 unspecified atom stereocenters. The first-order valence-corrected chi connectivity index (χ1v) is 7.83. The second kappa shape index (κ2) is 7.25. The van der Waals surface area contributed by atoms with Crippen LogP contribution in [0.1, 0.15) is 52.4 Å². The number of nitrogens with one attached hydrogen (secondary N) is 2. The van der Waals surface area contributed by atoms with Gasteiger partial charge in [-0.3, -0.25) is 4.79 Å². The van der Waals surface area contributed by atoms with E-state index in [9.17, 15) is 4.79 Å². The fraction of sp³-hybridized carbons (Fsp3) is 0.933. The van der Waals surface area contributed by atoms with Crippen LogP contribution in [0.5, 0.6) is 0 Å². The lowest BCUT2D eigenvalue weighted by Crippen LogP contribution is -2.47. The molecule has 0 radical (unpaired) electrons. The van der Waals surface area contributed by atoms with E-state index in [1.165, 1.54) is 19.3 Å². The standard InChI is InChI=1S/C15H28N2O2/c1-11-8-9-16-10-14(11)19-12(2)15(18)17-13-6-4-3-5-7-13/h11-14,16H,3-10H2,1-2H3,(H,17,18). The van der Waals surface area contributed by atoms with Gasteiger partial charge in [0.2, 0.25) is 5.91 Å². The molecule has 1 amide bonds. The molecule has 4 nitrogen and oxygen atoms in total. The van der Waals surface area contributed by atoms with E-state index < -0.39 is 0 Å². The first-order valence-electron chi connectivity index (χ1n) is 7.83. The molecule has 2 rings (SSSR count). The maximum Gasteiger partial charge on any atom is 0.249 e. The predicted octanol–water partition coefficient (Wildman–Crippen LogP) is 1.84. The van der Waals surface area contributed by atoms with Gasteiger partial charge < -0.3 is 15.4 Å². The number of carbonyl (C=O) groups excluding carboxylic acids is 1. The van der Waals surface area contributed by atoms with Gasteiger partial charge >= 0.3 is 0 Å². The quantitative estimate of drug-likeness (QED) is 0.818. The van der Waals surface area contributed by atoms with E-state index in [0.717, 1.165) is 32.4 Å². The fourth-order valence-corrected chi connectivity index (χ4v) is 3.03. The monoisotopic (exact) mass is 268 g/mol. The number of rotatable bonds is 4. The second-order valence-corrected chi connectivity index (χ2v) is 6.13. The molecule has 0 aromatic carbocycles. The Morgan fingerprint density at radius 2 is 2.00 bits per heavy atom. The van der Waals surface area contributed by atoms with Crippen LogP contribution >= 0.6 is 0 Å². The number of ether oxygens (including phenoxy) is 1. The van der Waals surface area contributed by atoms with Crippen molar-refractivity contribution in [1.29, 1.82) is 0 Å². The van der Waals surface area contributed by atoms with E-state index in [-0.39, 0.29) is 18.1 Å². The molecule has 2 N–H and O–H groups in total. The third-order valence-electron chi connectivity index (χ3n) is 4.46. The molecule has 1 saturated heterocycles. The van der Waals surface area contributed by atoms with Gasteiger partial charge in [0.15, 0.2) is 0 Å². The Bertz CT molecular complexity index is 290. The Hall–Kier alpha value is -0.610. The summed E-state index contributed by atoms with van der Waals surface area (Å²) in [6.07, 6.45) is 6.99. The predicted molar refractivity (Wildman–Crippen MR) is 76.0 cm³/mol. The van der Waals surface area contributed by atoms with Crippen LogP contribution in [0.2, 0.25) is 0 Å². The minimum Gasteiger partial charge on any atom is -0.364 e. The zero-order valence-corrected chi connectivity index (χ0v) is 12.3. The van der Waals surface area contributed by atoms with Gasteiger partial charge in [-0.1, -0.05) is 26.2 Å². The molecule has 1 aliphatic carbocycles. The average Bonchev–Trinajstić information content (AvgIpc) is 2.42. The summed E-state index contributed by atoms with van der Waals surface area (Å²) < 4.78 is 5.93. The van der Waals surface area contributed by atoms with Gasteiger partial charge in [0.05, 0.1) is 6.10 Å². The van der Waals surface area contributed by atoms with Gasteiger partial charge in [0, 0.05) is 12.6 Å². The van der Waals surface area contributed by atoms with Gasteiger partial charge in [-0.05, 0) is 38.6 Å². The topological polar surface area (TPSA) is 50.4 Å². The van der Waals surface area contributed by atoms with E-state index in [4.69, 9.17) is 4.74 Å². The van der Waals surface area contributed by atoms with Gasteiger partial charge in [-0.25, -0.2) is 0 Å². The third-order valence-corrected chi connectivity index (χ3v) is 4.46.